The van der Waals surface area contributed by atoms with Crippen LogP contribution < -0.4 is 20.9 Å². The molecular formula is C20H19ClN4O3S. The minimum Gasteiger partial charge on any atom is -0.359 e. The van der Waals surface area contributed by atoms with Crippen LogP contribution in [0.4, 0.5) is 17.1 Å². The van der Waals surface area contributed by atoms with E-state index in [4.69, 9.17) is 11.6 Å². The van der Waals surface area contributed by atoms with E-state index in [0.717, 1.165) is 10.6 Å². The Kier molecular flexibility index (Phi) is 5.64. The molecule has 0 saturated carbocycles. The summed E-state index contributed by atoms with van der Waals surface area (Å²) in [5, 5.41) is 8.91. The number of nitrogens with zero attached hydrogens (tertiary/aromatic N) is 1. The Balaban J connectivity index is 1.49. The molecule has 0 aromatic heterocycles. The Hall–Kier alpha value is -2.71. The molecule has 2 aromatic carbocycles. The van der Waals surface area contributed by atoms with Crippen molar-refractivity contribution in [2.75, 3.05) is 40.9 Å². The molecule has 3 N–H and O–H groups in total. The Morgan fingerprint density at radius 2 is 2.00 bits per heavy atom. The molecule has 1 saturated heterocycles. The smallest absolute Gasteiger partial charge is 0.255 e. The highest BCUT2D eigenvalue weighted by Crippen LogP contribution is 2.32. The Bertz CT molecular complexity index is 998. The molecule has 0 bridgehead atoms. The topological polar surface area (TPSA) is 90.5 Å². The number of piperazine rings is 1. The van der Waals surface area contributed by atoms with E-state index in [0.29, 0.717) is 47.2 Å². The van der Waals surface area contributed by atoms with Gasteiger partial charge in [0.25, 0.3) is 5.91 Å². The van der Waals surface area contributed by atoms with Gasteiger partial charge in [0.2, 0.25) is 11.8 Å². The van der Waals surface area contributed by atoms with Crippen LogP contribution in [0.3, 0.4) is 0 Å². The van der Waals surface area contributed by atoms with Crippen molar-refractivity contribution in [2.24, 2.45) is 0 Å². The zero-order valence-electron chi connectivity index (χ0n) is 15.5. The molecule has 0 radical (unpaired) electrons. The van der Waals surface area contributed by atoms with Crippen LogP contribution in [0.2, 0.25) is 5.02 Å². The van der Waals surface area contributed by atoms with E-state index in [1.807, 2.05) is 11.0 Å². The molecule has 0 atom stereocenters. The van der Waals surface area contributed by atoms with E-state index >= 15 is 0 Å². The number of fused-ring (bicyclic) bond motifs is 1. The minimum absolute atomic E-state index is 0.0434. The van der Waals surface area contributed by atoms with Crippen LogP contribution >= 0.6 is 23.4 Å². The first-order valence-corrected chi connectivity index (χ1v) is 10.6. The van der Waals surface area contributed by atoms with Crippen molar-refractivity contribution in [3.05, 3.63) is 47.0 Å². The normalized spacial score (nSPS) is 16.4. The summed E-state index contributed by atoms with van der Waals surface area (Å²) in [6.45, 7) is 1.50. The number of benzene rings is 2. The first kappa shape index (κ1) is 19.6. The molecule has 2 aliphatic heterocycles. The van der Waals surface area contributed by atoms with Crippen LogP contribution in [-0.4, -0.2) is 43.1 Å². The van der Waals surface area contributed by atoms with Gasteiger partial charge in [-0.2, -0.15) is 0 Å². The quantitative estimate of drug-likeness (QED) is 0.696. The molecule has 2 heterocycles. The number of thioether (sulfide) groups is 1. The van der Waals surface area contributed by atoms with E-state index in [9.17, 15) is 14.4 Å². The molecule has 29 heavy (non-hydrogen) atoms. The SMILES string of the molecule is O=C1CN(c2ccc(NC(=O)c3ccc4c(c3)NC(=O)CCS4)cc2Cl)CCN1. The van der Waals surface area contributed by atoms with Crippen LogP contribution in [-0.2, 0) is 9.59 Å². The predicted octanol–water partition coefficient (Wildman–Crippen LogP) is 2.96. The van der Waals surface area contributed by atoms with Gasteiger partial charge in [-0.15, -0.1) is 11.8 Å². The Morgan fingerprint density at radius 1 is 1.14 bits per heavy atom. The highest BCUT2D eigenvalue weighted by molar-refractivity contribution is 7.99. The Morgan fingerprint density at radius 3 is 2.79 bits per heavy atom. The molecule has 0 unspecified atom stereocenters. The van der Waals surface area contributed by atoms with E-state index in [2.05, 4.69) is 16.0 Å². The van der Waals surface area contributed by atoms with Crippen LogP contribution in [0.5, 0.6) is 0 Å². The first-order valence-electron chi connectivity index (χ1n) is 9.19. The number of amides is 3. The molecule has 150 valence electrons. The van der Waals surface area contributed by atoms with Crippen LogP contribution in [0, 0.1) is 0 Å². The molecule has 7 nitrogen and oxygen atoms in total. The number of hydrogen-bond donors (Lipinski definition) is 3. The number of rotatable bonds is 3. The molecule has 9 heteroatoms. The van der Waals surface area contributed by atoms with Crippen molar-refractivity contribution < 1.29 is 14.4 Å². The molecular weight excluding hydrogens is 412 g/mol. The van der Waals surface area contributed by atoms with Gasteiger partial charge in [-0.25, -0.2) is 0 Å². The average Bonchev–Trinajstić information content (AvgIpc) is 2.87. The standard InChI is InChI=1S/C20H19ClN4O3S/c21-14-10-13(2-3-16(14)25-7-6-22-19(27)11-25)23-20(28)12-1-4-17-15(9-12)24-18(26)5-8-29-17/h1-4,9-10H,5-8,11H2,(H,22,27)(H,23,28)(H,24,26). The number of carbonyl (C=O) groups is 3. The number of halogens is 1. The maximum Gasteiger partial charge on any atom is 0.255 e. The van der Waals surface area contributed by atoms with Crippen molar-refractivity contribution in [1.29, 1.82) is 0 Å². The molecule has 4 rings (SSSR count). The lowest BCUT2D eigenvalue weighted by Crippen LogP contribution is -2.47. The highest BCUT2D eigenvalue weighted by atomic mass is 35.5. The van der Waals surface area contributed by atoms with E-state index in [-0.39, 0.29) is 24.3 Å². The summed E-state index contributed by atoms with van der Waals surface area (Å²) in [6, 6.07) is 10.5. The summed E-state index contributed by atoms with van der Waals surface area (Å²) in [4.78, 5) is 38.9. The molecule has 3 amide bonds. The summed E-state index contributed by atoms with van der Waals surface area (Å²) in [6.07, 6.45) is 0.449. The minimum atomic E-state index is -0.294. The summed E-state index contributed by atoms with van der Waals surface area (Å²) >= 11 is 7.98. The number of nitrogens with one attached hydrogen (secondary N) is 3. The Labute approximate surface area is 177 Å². The zero-order valence-corrected chi connectivity index (χ0v) is 17.0. The van der Waals surface area contributed by atoms with E-state index < -0.39 is 0 Å². The van der Waals surface area contributed by atoms with Gasteiger partial charge >= 0.3 is 0 Å². The zero-order chi connectivity index (χ0) is 20.4. The largest absolute Gasteiger partial charge is 0.359 e. The summed E-state index contributed by atoms with van der Waals surface area (Å²) in [5.74, 6) is 0.326. The van der Waals surface area contributed by atoms with Gasteiger partial charge < -0.3 is 20.9 Å². The molecule has 0 aliphatic carbocycles. The van der Waals surface area contributed by atoms with Gasteiger partial charge in [0.1, 0.15) is 0 Å². The third kappa shape index (κ3) is 4.49. The van der Waals surface area contributed by atoms with Crippen molar-refractivity contribution >= 4 is 58.1 Å². The second kappa shape index (κ2) is 8.34. The summed E-state index contributed by atoms with van der Waals surface area (Å²) in [5.41, 5.74) is 2.41. The van der Waals surface area contributed by atoms with Crippen LogP contribution in [0.25, 0.3) is 0 Å². The van der Waals surface area contributed by atoms with E-state index in [1.54, 1.807) is 42.1 Å². The van der Waals surface area contributed by atoms with Crippen LogP contribution in [0.1, 0.15) is 16.8 Å². The van der Waals surface area contributed by atoms with Crippen molar-refractivity contribution in [2.45, 2.75) is 11.3 Å². The molecule has 2 aromatic rings. The second-order valence-electron chi connectivity index (χ2n) is 6.75. The van der Waals surface area contributed by atoms with Crippen molar-refractivity contribution in [3.8, 4) is 0 Å². The fraction of sp³-hybridized carbons (Fsp3) is 0.250. The highest BCUT2D eigenvalue weighted by Gasteiger charge is 2.19. The maximum absolute atomic E-state index is 12.7. The van der Waals surface area contributed by atoms with Crippen molar-refractivity contribution in [1.82, 2.24) is 5.32 Å². The third-order valence-corrected chi connectivity index (χ3v) is 6.07. The molecule has 2 aliphatic rings. The first-order chi connectivity index (χ1) is 14.0. The third-order valence-electron chi connectivity index (χ3n) is 4.69. The van der Waals surface area contributed by atoms with Gasteiger partial charge in [0.15, 0.2) is 0 Å². The maximum atomic E-state index is 12.7. The van der Waals surface area contributed by atoms with Gasteiger partial charge in [-0.05, 0) is 36.4 Å². The number of anilines is 3. The fourth-order valence-electron chi connectivity index (χ4n) is 3.25. The molecule has 1 fully saturated rings. The monoisotopic (exact) mass is 430 g/mol. The van der Waals surface area contributed by atoms with Gasteiger partial charge in [0, 0.05) is 41.4 Å². The van der Waals surface area contributed by atoms with Gasteiger partial charge in [0.05, 0.1) is 22.9 Å². The summed E-state index contributed by atoms with van der Waals surface area (Å²) in [7, 11) is 0. The van der Waals surface area contributed by atoms with E-state index in [1.165, 1.54) is 0 Å². The lowest BCUT2D eigenvalue weighted by molar-refractivity contribution is -0.120. The van der Waals surface area contributed by atoms with Gasteiger partial charge in [-0.3, -0.25) is 14.4 Å². The summed E-state index contributed by atoms with van der Waals surface area (Å²) < 4.78 is 0. The lowest BCUT2D eigenvalue weighted by Gasteiger charge is -2.29. The van der Waals surface area contributed by atoms with Crippen LogP contribution in [0.15, 0.2) is 41.3 Å². The fourth-order valence-corrected chi connectivity index (χ4v) is 4.49. The van der Waals surface area contributed by atoms with Crippen molar-refractivity contribution in [3.63, 3.8) is 0 Å². The lowest BCUT2D eigenvalue weighted by atomic mass is 10.1. The van der Waals surface area contributed by atoms with Gasteiger partial charge in [-0.1, -0.05) is 11.6 Å². The average molecular weight is 431 g/mol. The molecule has 0 spiro atoms. The second-order valence-corrected chi connectivity index (χ2v) is 8.29. The predicted molar refractivity (Wildman–Crippen MR) is 115 cm³/mol. The number of carbonyl (C=O) groups excluding carboxylic acids is 3. The number of hydrogen-bond acceptors (Lipinski definition) is 5.